The Hall–Kier alpha value is -4.19. The molecule has 1 saturated heterocycles. The number of para-hydroxylation sites is 2. The van der Waals surface area contributed by atoms with Crippen LogP contribution in [-0.4, -0.2) is 79.0 Å². The lowest BCUT2D eigenvalue weighted by atomic mass is 9.97. The summed E-state index contributed by atoms with van der Waals surface area (Å²) in [6.45, 7) is 4.75. The molecule has 2 aliphatic heterocycles. The Balaban J connectivity index is 1.60. The summed E-state index contributed by atoms with van der Waals surface area (Å²) in [6.07, 6.45) is -1.64. The molecular formula is C32H34F2N4O5. The highest BCUT2D eigenvalue weighted by Gasteiger charge is 2.47. The first-order valence-corrected chi connectivity index (χ1v) is 14.2. The molecule has 9 nitrogen and oxygen atoms in total. The van der Waals surface area contributed by atoms with Gasteiger partial charge in [0.25, 0.3) is 5.91 Å². The SMILES string of the molecule is C[C@H](N)C(=O)N(C(=O)Cc1cc(F)cc(F)c1)[C@H]1C(=O)N(CCN2CCOCC2)c2ccccc2O[C@@H]1c1ccccc1. The van der Waals surface area contributed by atoms with Gasteiger partial charge in [-0.25, -0.2) is 8.78 Å². The van der Waals surface area contributed by atoms with Gasteiger partial charge in [-0.3, -0.25) is 24.2 Å². The molecule has 3 aromatic rings. The average molecular weight is 593 g/mol. The van der Waals surface area contributed by atoms with Gasteiger partial charge < -0.3 is 20.1 Å². The van der Waals surface area contributed by atoms with Crippen LogP contribution < -0.4 is 15.4 Å². The van der Waals surface area contributed by atoms with Gasteiger partial charge in [0.1, 0.15) is 17.4 Å². The van der Waals surface area contributed by atoms with Crippen molar-refractivity contribution in [1.82, 2.24) is 9.80 Å². The molecule has 1 fully saturated rings. The molecule has 5 rings (SSSR count). The molecule has 3 aromatic carbocycles. The van der Waals surface area contributed by atoms with Crippen molar-refractivity contribution in [2.24, 2.45) is 5.73 Å². The molecule has 3 atom stereocenters. The molecule has 11 heteroatoms. The minimum absolute atomic E-state index is 0.00989. The van der Waals surface area contributed by atoms with Crippen LogP contribution >= 0.6 is 0 Å². The van der Waals surface area contributed by atoms with Crippen LogP contribution in [0, 0.1) is 11.6 Å². The minimum Gasteiger partial charge on any atom is -0.481 e. The number of rotatable bonds is 8. The molecule has 0 saturated carbocycles. The zero-order chi connectivity index (χ0) is 30.5. The monoisotopic (exact) mass is 592 g/mol. The fourth-order valence-electron chi connectivity index (χ4n) is 5.43. The molecule has 2 N–H and O–H groups in total. The third-order valence-corrected chi connectivity index (χ3v) is 7.54. The number of halogens is 2. The van der Waals surface area contributed by atoms with Gasteiger partial charge in [0.05, 0.1) is 31.4 Å². The van der Waals surface area contributed by atoms with Crippen LogP contribution in [0.25, 0.3) is 0 Å². The van der Waals surface area contributed by atoms with Crippen LogP contribution in [0.2, 0.25) is 0 Å². The number of hydrogen-bond acceptors (Lipinski definition) is 7. The van der Waals surface area contributed by atoms with Crippen LogP contribution in [0.1, 0.15) is 24.2 Å². The van der Waals surface area contributed by atoms with E-state index in [1.54, 1.807) is 54.6 Å². The van der Waals surface area contributed by atoms with Crippen molar-refractivity contribution in [3.63, 3.8) is 0 Å². The number of benzene rings is 3. The second kappa shape index (κ2) is 13.4. The third-order valence-electron chi connectivity index (χ3n) is 7.54. The maximum atomic E-state index is 14.7. The fraction of sp³-hybridized carbons (Fsp3) is 0.344. The van der Waals surface area contributed by atoms with Crippen LogP contribution in [0.5, 0.6) is 5.75 Å². The summed E-state index contributed by atoms with van der Waals surface area (Å²) in [5.74, 6) is -3.53. The quantitative estimate of drug-likeness (QED) is 0.429. The van der Waals surface area contributed by atoms with Crippen molar-refractivity contribution in [3.05, 3.63) is 95.6 Å². The molecule has 0 aromatic heterocycles. The summed E-state index contributed by atoms with van der Waals surface area (Å²) in [4.78, 5) is 46.9. The first-order chi connectivity index (χ1) is 20.7. The standard InChI is InChI=1S/C32H34F2N4O5/c1-21(35)31(40)38(28(39)19-22-17-24(33)20-25(34)18-22)29-30(23-7-3-2-4-8-23)43-27-10-6-5-9-26(27)37(32(29)41)12-11-36-13-15-42-16-14-36/h2-10,17-18,20-21,29-30H,11-16,19,35H2,1H3/t21-,29+,30+/m0/s1. The number of ether oxygens (including phenoxy) is 2. The number of nitrogens with two attached hydrogens (primary N) is 1. The van der Waals surface area contributed by atoms with E-state index < -0.39 is 54.0 Å². The van der Waals surface area contributed by atoms with Crippen molar-refractivity contribution in [1.29, 1.82) is 0 Å². The van der Waals surface area contributed by atoms with Crippen molar-refractivity contribution in [3.8, 4) is 5.75 Å². The first kappa shape index (κ1) is 30.3. The molecule has 0 aliphatic carbocycles. The normalized spacial score (nSPS) is 19.6. The van der Waals surface area contributed by atoms with Crippen LogP contribution in [0.3, 0.4) is 0 Å². The molecule has 43 heavy (non-hydrogen) atoms. The number of carbonyl (C=O) groups excluding carboxylic acids is 3. The third kappa shape index (κ3) is 6.90. The summed E-state index contributed by atoms with van der Waals surface area (Å²) in [7, 11) is 0. The predicted octanol–water partition coefficient (Wildman–Crippen LogP) is 3.08. The molecule has 0 radical (unpaired) electrons. The lowest BCUT2D eigenvalue weighted by Crippen LogP contribution is -2.59. The van der Waals surface area contributed by atoms with Crippen LogP contribution in [0.4, 0.5) is 14.5 Å². The summed E-state index contributed by atoms with van der Waals surface area (Å²) in [5, 5.41) is 0. The van der Waals surface area contributed by atoms with E-state index in [0.29, 0.717) is 55.9 Å². The average Bonchev–Trinajstić information content (AvgIpc) is 3.11. The molecule has 3 amide bonds. The number of nitrogens with zero attached hydrogens (tertiary/aromatic N) is 3. The van der Waals surface area contributed by atoms with Crippen molar-refractivity contribution in [2.75, 3.05) is 44.3 Å². The summed E-state index contributed by atoms with van der Waals surface area (Å²) >= 11 is 0. The zero-order valence-electron chi connectivity index (χ0n) is 23.8. The van der Waals surface area contributed by atoms with Gasteiger partial charge >= 0.3 is 0 Å². The van der Waals surface area contributed by atoms with E-state index in [1.165, 1.54) is 11.8 Å². The van der Waals surface area contributed by atoms with E-state index >= 15 is 0 Å². The minimum atomic E-state index is -1.47. The lowest BCUT2D eigenvalue weighted by Gasteiger charge is -2.36. The Bertz CT molecular complexity index is 1440. The first-order valence-electron chi connectivity index (χ1n) is 14.2. The van der Waals surface area contributed by atoms with Gasteiger partial charge in [-0.2, -0.15) is 0 Å². The number of carbonyl (C=O) groups is 3. The number of morpholine rings is 1. The van der Waals surface area contributed by atoms with E-state index in [4.69, 9.17) is 15.2 Å². The smallest absolute Gasteiger partial charge is 0.254 e. The second-order valence-corrected chi connectivity index (χ2v) is 10.7. The molecule has 0 spiro atoms. The Kier molecular flexibility index (Phi) is 9.44. The van der Waals surface area contributed by atoms with Gasteiger partial charge in [0, 0.05) is 32.2 Å². The second-order valence-electron chi connectivity index (χ2n) is 10.7. The van der Waals surface area contributed by atoms with Gasteiger partial charge in [0.2, 0.25) is 11.8 Å². The lowest BCUT2D eigenvalue weighted by molar-refractivity contribution is -0.155. The van der Waals surface area contributed by atoms with Gasteiger partial charge in [-0.15, -0.1) is 0 Å². The van der Waals surface area contributed by atoms with Crippen LogP contribution in [-0.2, 0) is 25.5 Å². The maximum absolute atomic E-state index is 14.7. The topological polar surface area (TPSA) is 105 Å². The molecule has 2 aliphatic rings. The van der Waals surface area contributed by atoms with Crippen molar-refractivity contribution < 1.29 is 32.6 Å². The van der Waals surface area contributed by atoms with Crippen LogP contribution in [0.15, 0.2) is 72.8 Å². The van der Waals surface area contributed by atoms with Gasteiger partial charge in [0.15, 0.2) is 12.1 Å². The van der Waals surface area contributed by atoms with Gasteiger partial charge in [-0.05, 0) is 42.3 Å². The number of amides is 3. The largest absolute Gasteiger partial charge is 0.481 e. The Labute approximate surface area is 248 Å². The number of imide groups is 1. The van der Waals surface area contributed by atoms with Gasteiger partial charge in [-0.1, -0.05) is 42.5 Å². The van der Waals surface area contributed by atoms with E-state index in [-0.39, 0.29) is 12.1 Å². The van der Waals surface area contributed by atoms with Crippen molar-refractivity contribution in [2.45, 2.75) is 31.5 Å². The zero-order valence-corrected chi connectivity index (χ0v) is 23.8. The van der Waals surface area contributed by atoms with Crippen molar-refractivity contribution >= 4 is 23.4 Å². The highest BCUT2D eigenvalue weighted by atomic mass is 19.1. The number of fused-ring (bicyclic) bond motifs is 1. The van der Waals surface area contributed by atoms with E-state index in [2.05, 4.69) is 4.90 Å². The molecule has 226 valence electrons. The Morgan fingerprint density at radius 2 is 1.63 bits per heavy atom. The fourth-order valence-corrected chi connectivity index (χ4v) is 5.43. The van der Waals surface area contributed by atoms with E-state index in [0.717, 1.165) is 17.0 Å². The summed E-state index contributed by atoms with van der Waals surface area (Å²) in [5.41, 5.74) is 7.08. The van der Waals surface area contributed by atoms with E-state index in [1.807, 2.05) is 0 Å². The highest BCUT2D eigenvalue weighted by molar-refractivity contribution is 6.07. The highest BCUT2D eigenvalue weighted by Crippen LogP contribution is 2.39. The molecular weight excluding hydrogens is 558 g/mol. The molecule has 0 unspecified atom stereocenters. The Morgan fingerprint density at radius 3 is 2.30 bits per heavy atom. The molecule has 0 bridgehead atoms. The predicted molar refractivity (Wildman–Crippen MR) is 155 cm³/mol. The number of anilines is 1. The Morgan fingerprint density at radius 1 is 0.977 bits per heavy atom. The van der Waals surface area contributed by atoms with E-state index in [9.17, 15) is 23.2 Å². The number of hydrogen-bond donors (Lipinski definition) is 1. The molecule has 2 heterocycles. The summed E-state index contributed by atoms with van der Waals surface area (Å²) in [6, 6.07) is 16.0. The maximum Gasteiger partial charge on any atom is 0.254 e. The summed E-state index contributed by atoms with van der Waals surface area (Å²) < 4.78 is 40.0.